The number of halogens is 4. The molecule has 1 aromatic carbocycles. The van der Waals surface area contributed by atoms with Gasteiger partial charge in [0.1, 0.15) is 5.82 Å². The van der Waals surface area contributed by atoms with Crippen molar-refractivity contribution in [2.45, 2.75) is 12.3 Å². The normalized spacial score (nSPS) is 14.1. The first-order valence-electron chi connectivity index (χ1n) is 4.91. The van der Waals surface area contributed by atoms with Crippen molar-refractivity contribution in [1.29, 1.82) is 0 Å². The van der Waals surface area contributed by atoms with Gasteiger partial charge in [0.2, 0.25) is 0 Å². The summed E-state index contributed by atoms with van der Waals surface area (Å²) in [5, 5.41) is 9.62. The van der Waals surface area contributed by atoms with E-state index in [1.54, 1.807) is 19.0 Å². The van der Waals surface area contributed by atoms with Gasteiger partial charge < -0.3 is 10.0 Å². The summed E-state index contributed by atoms with van der Waals surface area (Å²) in [4.78, 5) is 1.65. The van der Waals surface area contributed by atoms with Crippen LogP contribution in [0.2, 0.25) is 0 Å². The molecule has 0 bridgehead atoms. The Kier molecular flexibility index (Phi) is 4.11. The molecule has 1 N–H and O–H groups in total. The fraction of sp³-hybridized carbons (Fsp3) is 0.455. The minimum atomic E-state index is -4.71. The van der Waals surface area contributed by atoms with Crippen LogP contribution in [-0.2, 0) is 6.18 Å². The molecule has 0 spiro atoms. The van der Waals surface area contributed by atoms with Crippen LogP contribution in [0.5, 0.6) is 0 Å². The lowest BCUT2D eigenvalue weighted by Crippen LogP contribution is -2.20. The van der Waals surface area contributed by atoms with Gasteiger partial charge in [-0.2, -0.15) is 13.2 Å². The van der Waals surface area contributed by atoms with E-state index in [1.165, 1.54) is 0 Å². The zero-order chi connectivity index (χ0) is 13.2. The van der Waals surface area contributed by atoms with Gasteiger partial charge in [-0.25, -0.2) is 4.39 Å². The molecule has 1 rings (SSSR count). The zero-order valence-electron chi connectivity index (χ0n) is 9.42. The molecule has 0 amide bonds. The third kappa shape index (κ3) is 3.67. The highest BCUT2D eigenvalue weighted by atomic mass is 19.4. The molecule has 1 unspecified atom stereocenters. The van der Waals surface area contributed by atoms with Gasteiger partial charge in [0.05, 0.1) is 11.7 Å². The van der Waals surface area contributed by atoms with Gasteiger partial charge in [0.25, 0.3) is 0 Å². The molecule has 0 radical (unpaired) electrons. The van der Waals surface area contributed by atoms with Crippen LogP contribution in [0.4, 0.5) is 17.6 Å². The number of rotatable bonds is 3. The number of likely N-dealkylation sites (N-methyl/N-ethyl adjacent to an activating group) is 1. The summed E-state index contributed by atoms with van der Waals surface area (Å²) in [6, 6.07) is 2.45. The average molecular weight is 251 g/mol. The Bertz CT molecular complexity index is 390. The molecule has 0 heterocycles. The summed E-state index contributed by atoms with van der Waals surface area (Å²) in [6.07, 6.45) is -5.73. The third-order valence-electron chi connectivity index (χ3n) is 2.22. The minimum absolute atomic E-state index is 0.129. The number of hydrogen-bond donors (Lipinski definition) is 1. The lowest BCUT2D eigenvalue weighted by Gasteiger charge is -2.17. The van der Waals surface area contributed by atoms with Gasteiger partial charge in [0, 0.05) is 6.54 Å². The van der Waals surface area contributed by atoms with Gasteiger partial charge in [-0.3, -0.25) is 0 Å². The predicted octanol–water partition coefficient (Wildman–Crippen LogP) is 2.44. The maximum absolute atomic E-state index is 13.2. The second-order valence-corrected chi connectivity index (χ2v) is 4.02. The quantitative estimate of drug-likeness (QED) is 0.834. The van der Waals surface area contributed by atoms with Crippen LogP contribution in [0.1, 0.15) is 17.2 Å². The SMILES string of the molecule is CN(C)CC(O)c1ccc(C(F)(F)F)c(F)c1. The van der Waals surface area contributed by atoms with E-state index in [4.69, 9.17) is 0 Å². The summed E-state index contributed by atoms with van der Waals surface area (Å²) < 4.78 is 50.0. The van der Waals surface area contributed by atoms with E-state index in [1.807, 2.05) is 0 Å². The molecule has 96 valence electrons. The summed E-state index contributed by atoms with van der Waals surface area (Å²) in [5.41, 5.74) is -1.19. The number of aliphatic hydroxyl groups excluding tert-OH is 1. The van der Waals surface area contributed by atoms with E-state index >= 15 is 0 Å². The van der Waals surface area contributed by atoms with Crippen LogP contribution in [0.25, 0.3) is 0 Å². The molecule has 1 atom stereocenters. The largest absolute Gasteiger partial charge is 0.419 e. The highest BCUT2D eigenvalue weighted by Gasteiger charge is 2.34. The molecule has 0 saturated heterocycles. The number of alkyl halides is 3. The first-order chi connectivity index (χ1) is 7.71. The van der Waals surface area contributed by atoms with E-state index in [9.17, 15) is 22.7 Å². The number of aliphatic hydroxyl groups is 1. The monoisotopic (exact) mass is 251 g/mol. The van der Waals surface area contributed by atoms with Crippen LogP contribution in [-0.4, -0.2) is 30.6 Å². The van der Waals surface area contributed by atoms with Gasteiger partial charge in [-0.1, -0.05) is 6.07 Å². The molecule has 6 heteroatoms. The first kappa shape index (κ1) is 13.9. The molecule has 0 aromatic heterocycles. The fourth-order valence-corrected chi connectivity index (χ4v) is 1.42. The number of benzene rings is 1. The molecule has 0 aliphatic carbocycles. The lowest BCUT2D eigenvalue weighted by atomic mass is 10.1. The first-order valence-corrected chi connectivity index (χ1v) is 4.91. The Morgan fingerprint density at radius 1 is 1.29 bits per heavy atom. The molecule has 0 aliphatic rings. The maximum Gasteiger partial charge on any atom is 0.419 e. The van der Waals surface area contributed by atoms with Gasteiger partial charge >= 0.3 is 6.18 Å². The topological polar surface area (TPSA) is 23.5 Å². The molecule has 17 heavy (non-hydrogen) atoms. The zero-order valence-corrected chi connectivity index (χ0v) is 9.42. The highest BCUT2D eigenvalue weighted by molar-refractivity contribution is 5.28. The third-order valence-corrected chi connectivity index (χ3v) is 2.22. The minimum Gasteiger partial charge on any atom is -0.387 e. The Morgan fingerprint density at radius 2 is 1.88 bits per heavy atom. The number of hydrogen-bond acceptors (Lipinski definition) is 2. The van der Waals surface area contributed by atoms with Gasteiger partial charge in [-0.15, -0.1) is 0 Å². The Morgan fingerprint density at radius 3 is 2.29 bits per heavy atom. The van der Waals surface area contributed by atoms with Gasteiger partial charge in [-0.05, 0) is 31.8 Å². The van der Waals surface area contributed by atoms with Crippen LogP contribution >= 0.6 is 0 Å². The van der Waals surface area contributed by atoms with Crippen molar-refractivity contribution in [3.05, 3.63) is 35.1 Å². The van der Waals surface area contributed by atoms with E-state index in [0.29, 0.717) is 6.07 Å². The summed E-state index contributed by atoms with van der Waals surface area (Å²) in [6.45, 7) is 0.213. The van der Waals surface area contributed by atoms with Crippen molar-refractivity contribution >= 4 is 0 Å². The second kappa shape index (κ2) is 5.01. The van der Waals surface area contributed by atoms with Gasteiger partial charge in [0.15, 0.2) is 0 Å². The van der Waals surface area contributed by atoms with E-state index in [2.05, 4.69) is 0 Å². The smallest absolute Gasteiger partial charge is 0.387 e. The van der Waals surface area contributed by atoms with Crippen LogP contribution in [0.15, 0.2) is 18.2 Å². The van der Waals surface area contributed by atoms with E-state index < -0.39 is 23.7 Å². The Hall–Kier alpha value is -1.14. The molecular formula is C11H13F4NO. The second-order valence-electron chi connectivity index (χ2n) is 4.02. The summed E-state index contributed by atoms with van der Waals surface area (Å²) >= 11 is 0. The Labute approximate surface area is 96.5 Å². The molecule has 0 saturated carbocycles. The van der Waals surface area contributed by atoms with Crippen molar-refractivity contribution in [1.82, 2.24) is 4.90 Å². The maximum atomic E-state index is 13.2. The molecule has 2 nitrogen and oxygen atoms in total. The van der Waals surface area contributed by atoms with E-state index in [-0.39, 0.29) is 12.1 Å². The molecule has 0 fully saturated rings. The van der Waals surface area contributed by atoms with Crippen LogP contribution in [0, 0.1) is 5.82 Å². The van der Waals surface area contributed by atoms with Crippen molar-refractivity contribution in [2.75, 3.05) is 20.6 Å². The van der Waals surface area contributed by atoms with E-state index in [0.717, 1.165) is 12.1 Å². The molecule has 1 aromatic rings. The lowest BCUT2D eigenvalue weighted by molar-refractivity contribution is -0.140. The predicted molar refractivity (Wildman–Crippen MR) is 54.9 cm³/mol. The Balaban J connectivity index is 2.97. The standard InChI is InChI=1S/C11H13F4NO/c1-16(2)6-10(17)7-3-4-8(9(12)5-7)11(13,14)15/h3-5,10,17H,6H2,1-2H3. The molecular weight excluding hydrogens is 238 g/mol. The van der Waals surface area contributed by atoms with Crippen molar-refractivity contribution in [2.24, 2.45) is 0 Å². The van der Waals surface area contributed by atoms with Crippen LogP contribution in [0.3, 0.4) is 0 Å². The van der Waals surface area contributed by atoms with Crippen molar-refractivity contribution in [3.63, 3.8) is 0 Å². The molecule has 0 aliphatic heterocycles. The highest BCUT2D eigenvalue weighted by Crippen LogP contribution is 2.32. The summed E-state index contributed by atoms with van der Waals surface area (Å²) in [5.74, 6) is -1.37. The van der Waals surface area contributed by atoms with Crippen molar-refractivity contribution < 1.29 is 22.7 Å². The summed E-state index contributed by atoms with van der Waals surface area (Å²) in [7, 11) is 3.40. The number of nitrogens with zero attached hydrogens (tertiary/aromatic N) is 1. The fourth-order valence-electron chi connectivity index (χ4n) is 1.42. The van der Waals surface area contributed by atoms with Crippen molar-refractivity contribution in [3.8, 4) is 0 Å². The average Bonchev–Trinajstić information content (AvgIpc) is 2.14. The van der Waals surface area contributed by atoms with Crippen LogP contribution < -0.4 is 0 Å².